The molecule has 0 amide bonds. The lowest BCUT2D eigenvalue weighted by Crippen LogP contribution is -2.44. The van der Waals surface area contributed by atoms with E-state index in [9.17, 15) is 9.90 Å². The maximum Gasteiger partial charge on any atom is 0.178 e. The molecule has 1 aliphatic heterocycles. The molecular weight excluding hydrogens is 382 g/mol. The lowest BCUT2D eigenvalue weighted by Gasteiger charge is -2.35. The standard InChI is InChI=1S/C12H15Br2NO2S/c1-12(17)2-4-15(5-3-12)7-9(16)8-6-10(13)18-11(8)14/h6,17H,2-5,7H2,1H3. The van der Waals surface area contributed by atoms with Gasteiger partial charge in [-0.25, -0.2) is 0 Å². The number of thiophene rings is 1. The molecule has 2 heterocycles. The van der Waals surface area contributed by atoms with Crippen molar-refractivity contribution < 1.29 is 9.90 Å². The fraction of sp³-hybridized carbons (Fsp3) is 0.583. The topological polar surface area (TPSA) is 40.5 Å². The lowest BCUT2D eigenvalue weighted by molar-refractivity contribution is -0.00420. The van der Waals surface area contributed by atoms with Crippen LogP contribution in [0.1, 0.15) is 30.1 Å². The van der Waals surface area contributed by atoms with Crippen molar-refractivity contribution in [2.45, 2.75) is 25.4 Å². The third-order valence-corrected chi connectivity index (χ3v) is 5.60. The van der Waals surface area contributed by atoms with Crippen molar-refractivity contribution in [3.63, 3.8) is 0 Å². The maximum atomic E-state index is 12.2. The van der Waals surface area contributed by atoms with E-state index in [1.165, 1.54) is 11.3 Å². The number of carbonyl (C=O) groups excluding carboxylic acids is 1. The van der Waals surface area contributed by atoms with Crippen LogP contribution in [0.15, 0.2) is 13.6 Å². The van der Waals surface area contributed by atoms with Crippen molar-refractivity contribution >= 4 is 49.0 Å². The van der Waals surface area contributed by atoms with Gasteiger partial charge in [0.1, 0.15) is 0 Å². The summed E-state index contributed by atoms with van der Waals surface area (Å²) in [4.78, 5) is 14.3. The van der Waals surface area contributed by atoms with Crippen LogP contribution < -0.4 is 0 Å². The fourth-order valence-corrected chi connectivity index (χ4v) is 4.87. The number of ketones is 1. The van der Waals surface area contributed by atoms with Gasteiger partial charge in [0.05, 0.1) is 19.7 Å². The predicted octanol–water partition coefficient (Wildman–Crippen LogP) is 3.30. The number of piperidine rings is 1. The molecular formula is C12H15Br2NO2S. The lowest BCUT2D eigenvalue weighted by atomic mass is 9.93. The van der Waals surface area contributed by atoms with E-state index in [0.717, 1.165) is 39.1 Å². The Morgan fingerprint density at radius 2 is 2.11 bits per heavy atom. The summed E-state index contributed by atoms with van der Waals surface area (Å²) < 4.78 is 1.84. The van der Waals surface area contributed by atoms with E-state index >= 15 is 0 Å². The highest BCUT2D eigenvalue weighted by atomic mass is 79.9. The van der Waals surface area contributed by atoms with E-state index in [0.29, 0.717) is 6.54 Å². The molecule has 0 aromatic carbocycles. The van der Waals surface area contributed by atoms with E-state index in [2.05, 4.69) is 36.8 Å². The normalized spacial score (nSPS) is 20.0. The molecule has 1 saturated heterocycles. The van der Waals surface area contributed by atoms with E-state index < -0.39 is 5.60 Å². The quantitative estimate of drug-likeness (QED) is 0.796. The van der Waals surface area contributed by atoms with Crippen LogP contribution >= 0.6 is 43.2 Å². The number of aliphatic hydroxyl groups is 1. The first kappa shape index (κ1) is 14.7. The first-order chi connectivity index (χ1) is 8.37. The summed E-state index contributed by atoms with van der Waals surface area (Å²) in [7, 11) is 0. The van der Waals surface area contributed by atoms with Crippen molar-refractivity contribution in [2.75, 3.05) is 19.6 Å². The Labute approximate surface area is 127 Å². The van der Waals surface area contributed by atoms with Crippen molar-refractivity contribution in [2.24, 2.45) is 0 Å². The molecule has 0 unspecified atom stereocenters. The number of rotatable bonds is 3. The Hall–Kier alpha value is 0.250. The molecule has 1 fully saturated rings. The minimum Gasteiger partial charge on any atom is -0.390 e. The second-order valence-corrected chi connectivity index (χ2v) is 8.68. The van der Waals surface area contributed by atoms with Gasteiger partial charge in [0.25, 0.3) is 0 Å². The van der Waals surface area contributed by atoms with Crippen LogP contribution in [-0.4, -0.2) is 41.0 Å². The highest BCUT2D eigenvalue weighted by Crippen LogP contribution is 2.32. The molecule has 0 bridgehead atoms. The minimum absolute atomic E-state index is 0.130. The van der Waals surface area contributed by atoms with Crippen LogP contribution in [0.4, 0.5) is 0 Å². The van der Waals surface area contributed by atoms with Gasteiger partial charge in [-0.15, -0.1) is 11.3 Å². The van der Waals surface area contributed by atoms with E-state index in [1.54, 1.807) is 0 Å². The molecule has 2 rings (SSSR count). The van der Waals surface area contributed by atoms with Crippen LogP contribution in [0.3, 0.4) is 0 Å². The van der Waals surface area contributed by atoms with E-state index in [1.807, 2.05) is 13.0 Å². The summed E-state index contributed by atoms with van der Waals surface area (Å²) in [6.07, 6.45) is 1.46. The molecule has 18 heavy (non-hydrogen) atoms. The highest BCUT2D eigenvalue weighted by molar-refractivity contribution is 9.12. The Balaban J connectivity index is 1.95. The number of hydrogen-bond donors (Lipinski definition) is 1. The Morgan fingerprint density at radius 3 is 2.61 bits per heavy atom. The van der Waals surface area contributed by atoms with Gasteiger partial charge in [0, 0.05) is 18.7 Å². The van der Waals surface area contributed by atoms with Crippen LogP contribution in [-0.2, 0) is 0 Å². The summed E-state index contributed by atoms with van der Waals surface area (Å²) in [6.45, 7) is 3.85. The molecule has 100 valence electrons. The first-order valence-electron chi connectivity index (χ1n) is 5.80. The van der Waals surface area contributed by atoms with Crippen molar-refractivity contribution in [1.82, 2.24) is 4.90 Å². The van der Waals surface area contributed by atoms with Gasteiger partial charge < -0.3 is 5.11 Å². The van der Waals surface area contributed by atoms with Gasteiger partial charge in [0.15, 0.2) is 5.78 Å². The van der Waals surface area contributed by atoms with Gasteiger partial charge in [-0.1, -0.05) is 0 Å². The molecule has 3 nitrogen and oxygen atoms in total. The summed E-state index contributed by atoms with van der Waals surface area (Å²) in [5, 5.41) is 9.87. The monoisotopic (exact) mass is 395 g/mol. The van der Waals surface area contributed by atoms with E-state index in [4.69, 9.17) is 0 Å². The first-order valence-corrected chi connectivity index (χ1v) is 8.20. The summed E-state index contributed by atoms with van der Waals surface area (Å²) in [6, 6.07) is 1.86. The zero-order valence-corrected chi connectivity index (χ0v) is 14.1. The molecule has 0 radical (unpaired) electrons. The highest BCUT2D eigenvalue weighted by Gasteiger charge is 2.28. The van der Waals surface area contributed by atoms with Gasteiger partial charge in [0.2, 0.25) is 0 Å². The van der Waals surface area contributed by atoms with Crippen LogP contribution in [0.25, 0.3) is 0 Å². The molecule has 0 spiro atoms. The van der Waals surface area contributed by atoms with Gasteiger partial charge >= 0.3 is 0 Å². The minimum atomic E-state index is -0.564. The number of hydrogen-bond acceptors (Lipinski definition) is 4. The molecule has 1 aromatic heterocycles. The molecule has 6 heteroatoms. The average Bonchev–Trinajstić information content (AvgIpc) is 2.61. The van der Waals surface area contributed by atoms with Crippen LogP contribution in [0.5, 0.6) is 0 Å². The van der Waals surface area contributed by atoms with E-state index in [-0.39, 0.29) is 5.78 Å². The Kier molecular flexibility index (Phi) is 4.65. The summed E-state index contributed by atoms with van der Waals surface area (Å²) in [5.74, 6) is 0.130. The second-order valence-electron chi connectivity index (χ2n) is 4.93. The number of carbonyl (C=O) groups is 1. The summed E-state index contributed by atoms with van der Waals surface area (Å²) in [5.41, 5.74) is 0.176. The molecule has 1 aliphatic rings. The Morgan fingerprint density at radius 1 is 1.50 bits per heavy atom. The van der Waals surface area contributed by atoms with Crippen molar-refractivity contribution in [3.8, 4) is 0 Å². The van der Waals surface area contributed by atoms with Crippen LogP contribution in [0, 0.1) is 0 Å². The zero-order valence-electron chi connectivity index (χ0n) is 10.1. The predicted molar refractivity (Wildman–Crippen MR) is 80.3 cm³/mol. The number of halogens is 2. The third kappa shape index (κ3) is 3.63. The fourth-order valence-electron chi connectivity index (χ4n) is 2.01. The van der Waals surface area contributed by atoms with Crippen molar-refractivity contribution in [3.05, 3.63) is 19.2 Å². The Bertz CT molecular complexity index is 449. The molecule has 0 saturated carbocycles. The third-order valence-electron chi connectivity index (χ3n) is 3.26. The van der Waals surface area contributed by atoms with Gasteiger partial charge in [-0.2, -0.15) is 0 Å². The molecule has 0 atom stereocenters. The van der Waals surface area contributed by atoms with Gasteiger partial charge in [-0.05, 0) is 57.7 Å². The smallest absolute Gasteiger partial charge is 0.178 e. The zero-order chi connectivity index (χ0) is 13.3. The number of nitrogens with zero attached hydrogens (tertiary/aromatic N) is 1. The molecule has 1 N–H and O–H groups in total. The SMILES string of the molecule is CC1(O)CCN(CC(=O)c2cc(Br)sc2Br)CC1. The largest absolute Gasteiger partial charge is 0.390 e. The maximum absolute atomic E-state index is 12.2. The average molecular weight is 397 g/mol. The van der Waals surface area contributed by atoms with Crippen LogP contribution in [0.2, 0.25) is 0 Å². The number of Topliss-reactive ketones (excluding diaryl/α,β-unsaturated/α-hetero) is 1. The summed E-state index contributed by atoms with van der Waals surface area (Å²) >= 11 is 8.30. The van der Waals surface area contributed by atoms with Gasteiger partial charge in [-0.3, -0.25) is 9.69 Å². The number of likely N-dealkylation sites (tertiary alicyclic amines) is 1. The second kappa shape index (κ2) is 5.71. The van der Waals surface area contributed by atoms with Crippen molar-refractivity contribution in [1.29, 1.82) is 0 Å². The molecule has 1 aromatic rings. The molecule has 0 aliphatic carbocycles.